The number of sulfonamides is 1. The van der Waals surface area contributed by atoms with Gasteiger partial charge in [0.15, 0.2) is 0 Å². The maximum absolute atomic E-state index is 12.5. The van der Waals surface area contributed by atoms with E-state index in [2.05, 4.69) is 4.72 Å². The summed E-state index contributed by atoms with van der Waals surface area (Å²) in [5.74, 6) is -0.922. The molecule has 1 aliphatic heterocycles. The summed E-state index contributed by atoms with van der Waals surface area (Å²) in [5.41, 5.74) is 3.29. The predicted octanol–water partition coefficient (Wildman–Crippen LogP) is 2.41. The Balaban J connectivity index is 1.70. The van der Waals surface area contributed by atoms with E-state index in [9.17, 15) is 18.0 Å². The van der Waals surface area contributed by atoms with Gasteiger partial charge in [0.1, 0.15) is 0 Å². The Morgan fingerprint density at radius 1 is 0.926 bits per heavy atom. The van der Waals surface area contributed by atoms with E-state index in [1.807, 2.05) is 32.0 Å². The van der Waals surface area contributed by atoms with Gasteiger partial charge in [-0.3, -0.25) is 14.5 Å². The first-order valence-electron chi connectivity index (χ1n) is 8.70. The summed E-state index contributed by atoms with van der Waals surface area (Å²) in [6.45, 7) is 5.38. The molecule has 0 radical (unpaired) electrons. The van der Waals surface area contributed by atoms with Gasteiger partial charge in [-0.1, -0.05) is 30.3 Å². The van der Waals surface area contributed by atoms with Gasteiger partial charge in [-0.05, 0) is 49.6 Å². The van der Waals surface area contributed by atoms with E-state index in [1.165, 1.54) is 0 Å². The molecule has 0 saturated carbocycles. The van der Waals surface area contributed by atoms with Crippen molar-refractivity contribution < 1.29 is 18.0 Å². The zero-order chi connectivity index (χ0) is 19.8. The number of hydrogen-bond acceptors (Lipinski definition) is 4. The average Bonchev–Trinajstić information content (AvgIpc) is 2.88. The summed E-state index contributed by atoms with van der Waals surface area (Å²) >= 11 is 0. The molecule has 0 bridgehead atoms. The Morgan fingerprint density at radius 2 is 1.44 bits per heavy atom. The molecule has 142 valence electrons. The second-order valence-electron chi connectivity index (χ2n) is 6.85. The molecule has 0 saturated heterocycles. The maximum Gasteiger partial charge on any atom is 0.261 e. The van der Waals surface area contributed by atoms with Gasteiger partial charge < -0.3 is 0 Å². The summed E-state index contributed by atoms with van der Waals surface area (Å²) in [6.07, 6.45) is 0. The summed E-state index contributed by atoms with van der Waals surface area (Å²) in [6, 6.07) is 11.7. The number of amides is 2. The van der Waals surface area contributed by atoms with Crippen LogP contribution in [0.1, 0.15) is 44.3 Å². The number of nitrogens with one attached hydrogen (secondary N) is 1. The number of imide groups is 1. The van der Waals surface area contributed by atoms with E-state index < -0.39 is 27.9 Å². The molecule has 7 heteroatoms. The van der Waals surface area contributed by atoms with Crippen molar-refractivity contribution >= 4 is 21.8 Å². The second kappa shape index (κ2) is 7.25. The molecule has 3 rings (SSSR count). The molecule has 6 nitrogen and oxygen atoms in total. The monoisotopic (exact) mass is 386 g/mol. The standard InChI is InChI=1S/C20H22N2O4S/c1-13-7-6-8-14(2)18(13)12-27(25,26)21-11-15(3)22-19(23)16-9-4-5-10-17(16)20(22)24/h4-10,15,21H,11-12H2,1-3H3. The van der Waals surface area contributed by atoms with Crippen LogP contribution in [0.3, 0.4) is 0 Å². The van der Waals surface area contributed by atoms with Crippen LogP contribution in [0.5, 0.6) is 0 Å². The van der Waals surface area contributed by atoms with Crippen LogP contribution in [0.15, 0.2) is 42.5 Å². The lowest BCUT2D eigenvalue weighted by molar-refractivity contribution is 0.0599. The lowest BCUT2D eigenvalue weighted by Gasteiger charge is -2.23. The van der Waals surface area contributed by atoms with Crippen molar-refractivity contribution in [3.63, 3.8) is 0 Å². The van der Waals surface area contributed by atoms with Gasteiger partial charge in [-0.2, -0.15) is 0 Å². The SMILES string of the molecule is Cc1cccc(C)c1CS(=O)(=O)NCC(C)N1C(=O)c2ccccc2C1=O. The van der Waals surface area contributed by atoms with Gasteiger partial charge >= 0.3 is 0 Å². The molecule has 27 heavy (non-hydrogen) atoms. The Morgan fingerprint density at radius 3 is 1.96 bits per heavy atom. The van der Waals surface area contributed by atoms with Crippen molar-refractivity contribution in [1.29, 1.82) is 0 Å². The summed E-state index contributed by atoms with van der Waals surface area (Å²) in [4.78, 5) is 26.1. The van der Waals surface area contributed by atoms with Crippen LogP contribution in [0.25, 0.3) is 0 Å². The van der Waals surface area contributed by atoms with Crippen molar-refractivity contribution in [2.75, 3.05) is 6.54 Å². The lowest BCUT2D eigenvalue weighted by atomic mass is 10.1. The third-order valence-electron chi connectivity index (χ3n) is 4.84. The fourth-order valence-corrected chi connectivity index (χ4v) is 4.70. The Labute approximate surface area is 159 Å². The first-order chi connectivity index (χ1) is 12.7. The van der Waals surface area contributed by atoms with Gasteiger partial charge in [0.25, 0.3) is 11.8 Å². The number of hydrogen-bond donors (Lipinski definition) is 1. The highest BCUT2D eigenvalue weighted by atomic mass is 32.2. The van der Waals surface area contributed by atoms with Gasteiger partial charge in [0.05, 0.1) is 22.9 Å². The van der Waals surface area contributed by atoms with Crippen LogP contribution < -0.4 is 4.72 Å². The summed E-state index contributed by atoms with van der Waals surface area (Å²) in [5, 5.41) is 0. The van der Waals surface area contributed by atoms with Gasteiger partial charge in [-0.25, -0.2) is 13.1 Å². The van der Waals surface area contributed by atoms with E-state index in [0.717, 1.165) is 21.6 Å². The first kappa shape index (κ1) is 19.3. The minimum Gasteiger partial charge on any atom is -0.270 e. The van der Waals surface area contributed by atoms with Crippen molar-refractivity contribution in [3.8, 4) is 0 Å². The van der Waals surface area contributed by atoms with Crippen LogP contribution in [0.4, 0.5) is 0 Å². The molecule has 2 amide bonds. The van der Waals surface area contributed by atoms with Gasteiger partial charge in [-0.15, -0.1) is 0 Å². The molecule has 1 heterocycles. The average molecular weight is 386 g/mol. The van der Waals surface area contributed by atoms with Crippen molar-refractivity contribution in [3.05, 3.63) is 70.3 Å². The van der Waals surface area contributed by atoms with E-state index in [0.29, 0.717) is 11.1 Å². The number of carbonyl (C=O) groups excluding carboxylic acids is 2. The van der Waals surface area contributed by atoms with Crippen molar-refractivity contribution in [2.45, 2.75) is 32.6 Å². The molecule has 0 fully saturated rings. The Kier molecular flexibility index (Phi) is 5.17. The molecule has 0 aliphatic carbocycles. The molecular formula is C20H22N2O4S. The van der Waals surface area contributed by atoms with Crippen LogP contribution >= 0.6 is 0 Å². The smallest absolute Gasteiger partial charge is 0.261 e. The Bertz CT molecular complexity index is 959. The topological polar surface area (TPSA) is 83.6 Å². The molecule has 2 aromatic rings. The molecule has 0 spiro atoms. The number of rotatable bonds is 6. The number of carbonyl (C=O) groups is 2. The molecule has 1 unspecified atom stereocenters. The normalized spacial score (nSPS) is 15.1. The number of fused-ring (bicyclic) bond motifs is 1. The number of aryl methyl sites for hydroxylation is 2. The number of benzene rings is 2. The third kappa shape index (κ3) is 3.79. The van der Waals surface area contributed by atoms with Crippen LogP contribution in [0, 0.1) is 13.8 Å². The highest BCUT2D eigenvalue weighted by molar-refractivity contribution is 7.88. The number of nitrogens with zero attached hydrogens (tertiary/aromatic N) is 1. The second-order valence-corrected chi connectivity index (χ2v) is 8.66. The first-order valence-corrected chi connectivity index (χ1v) is 10.4. The summed E-state index contributed by atoms with van der Waals surface area (Å²) < 4.78 is 27.5. The molecule has 1 N–H and O–H groups in total. The fourth-order valence-electron chi connectivity index (χ4n) is 3.26. The van der Waals surface area contributed by atoms with Crippen LogP contribution in [-0.4, -0.2) is 37.7 Å². The zero-order valence-corrected chi connectivity index (χ0v) is 16.3. The Hall–Kier alpha value is -2.51. The minimum absolute atomic E-state index is 0.0290. The molecular weight excluding hydrogens is 364 g/mol. The third-order valence-corrected chi connectivity index (χ3v) is 6.12. The van der Waals surface area contributed by atoms with E-state index >= 15 is 0 Å². The lowest BCUT2D eigenvalue weighted by Crippen LogP contribution is -2.45. The van der Waals surface area contributed by atoms with Gasteiger partial charge in [0, 0.05) is 6.54 Å². The van der Waals surface area contributed by atoms with Gasteiger partial charge in [0.2, 0.25) is 10.0 Å². The largest absolute Gasteiger partial charge is 0.270 e. The highest BCUT2D eigenvalue weighted by Crippen LogP contribution is 2.24. The molecule has 0 aromatic heterocycles. The molecule has 2 aromatic carbocycles. The summed E-state index contributed by atoms with van der Waals surface area (Å²) in [7, 11) is -3.61. The maximum atomic E-state index is 12.5. The fraction of sp³-hybridized carbons (Fsp3) is 0.300. The molecule has 1 aliphatic rings. The minimum atomic E-state index is -3.61. The zero-order valence-electron chi connectivity index (χ0n) is 15.5. The van der Waals surface area contributed by atoms with E-state index in [-0.39, 0.29) is 12.3 Å². The van der Waals surface area contributed by atoms with Crippen molar-refractivity contribution in [1.82, 2.24) is 9.62 Å². The quantitative estimate of drug-likeness (QED) is 0.773. The van der Waals surface area contributed by atoms with E-state index in [4.69, 9.17) is 0 Å². The van der Waals surface area contributed by atoms with Crippen LogP contribution in [0.2, 0.25) is 0 Å². The predicted molar refractivity (Wildman–Crippen MR) is 103 cm³/mol. The highest BCUT2D eigenvalue weighted by Gasteiger charge is 2.38. The molecule has 1 atom stereocenters. The van der Waals surface area contributed by atoms with Crippen LogP contribution in [-0.2, 0) is 15.8 Å². The van der Waals surface area contributed by atoms with Crippen molar-refractivity contribution in [2.24, 2.45) is 0 Å². The van der Waals surface area contributed by atoms with E-state index in [1.54, 1.807) is 31.2 Å².